The molecule has 134 valence electrons. The van der Waals surface area contributed by atoms with E-state index < -0.39 is 17.6 Å². The van der Waals surface area contributed by atoms with E-state index in [0.29, 0.717) is 11.5 Å². The van der Waals surface area contributed by atoms with Crippen LogP contribution in [0.15, 0.2) is 42.6 Å². The molecule has 0 radical (unpaired) electrons. The van der Waals surface area contributed by atoms with Crippen LogP contribution in [0.4, 0.5) is 24.7 Å². The molecule has 1 amide bonds. The summed E-state index contributed by atoms with van der Waals surface area (Å²) in [5.41, 5.74) is -0.287. The highest BCUT2D eigenvalue weighted by molar-refractivity contribution is 6.04. The predicted octanol–water partition coefficient (Wildman–Crippen LogP) is 3.54. The van der Waals surface area contributed by atoms with Gasteiger partial charge in [-0.25, -0.2) is 4.98 Å². The number of aliphatic hydroxyl groups is 1. The van der Waals surface area contributed by atoms with Crippen LogP contribution < -0.4 is 10.6 Å². The van der Waals surface area contributed by atoms with E-state index in [1.54, 1.807) is 12.1 Å². The van der Waals surface area contributed by atoms with E-state index in [9.17, 15) is 18.0 Å². The Morgan fingerprint density at radius 3 is 2.36 bits per heavy atom. The first-order valence-electron chi connectivity index (χ1n) is 7.65. The van der Waals surface area contributed by atoms with Crippen LogP contribution in [0, 0.1) is 0 Å². The minimum atomic E-state index is -4.44. The largest absolute Gasteiger partial charge is 0.416 e. The molecule has 0 saturated heterocycles. The average Bonchev–Trinajstić information content (AvgIpc) is 2.60. The average molecular weight is 353 g/mol. The van der Waals surface area contributed by atoms with Crippen LogP contribution in [0.5, 0.6) is 0 Å². The molecule has 1 aromatic carbocycles. The van der Waals surface area contributed by atoms with E-state index in [1.807, 2.05) is 6.92 Å². The van der Waals surface area contributed by atoms with Crippen molar-refractivity contribution in [2.24, 2.45) is 0 Å². The molecule has 0 spiro atoms. The number of amides is 1. The Kier molecular flexibility index (Phi) is 5.97. The minimum Gasteiger partial charge on any atom is -0.394 e. The highest BCUT2D eigenvalue weighted by Gasteiger charge is 2.30. The Bertz CT molecular complexity index is 697. The monoisotopic (exact) mass is 353 g/mol. The van der Waals surface area contributed by atoms with Gasteiger partial charge in [-0.3, -0.25) is 4.79 Å². The number of nitrogens with zero attached hydrogens (tertiary/aromatic N) is 1. The first-order valence-corrected chi connectivity index (χ1v) is 7.65. The summed E-state index contributed by atoms with van der Waals surface area (Å²) in [7, 11) is 0. The topological polar surface area (TPSA) is 74.2 Å². The molecule has 0 aliphatic rings. The number of benzene rings is 1. The normalized spacial score (nSPS) is 12.5. The molecule has 5 nitrogen and oxygen atoms in total. The quantitative estimate of drug-likeness (QED) is 0.743. The van der Waals surface area contributed by atoms with E-state index in [2.05, 4.69) is 15.6 Å². The van der Waals surface area contributed by atoms with E-state index in [4.69, 9.17) is 5.11 Å². The number of carbonyl (C=O) groups is 1. The predicted molar refractivity (Wildman–Crippen MR) is 88.4 cm³/mol. The molecule has 25 heavy (non-hydrogen) atoms. The van der Waals surface area contributed by atoms with Crippen molar-refractivity contribution in [1.82, 2.24) is 4.98 Å². The molecule has 1 unspecified atom stereocenters. The molecule has 0 aliphatic carbocycles. The highest BCUT2D eigenvalue weighted by atomic mass is 19.4. The molecule has 8 heteroatoms. The standard InChI is InChI=1S/C17H18F3N3O2/c1-2-13(10-24)22-15-8-7-14(9-21-15)23-16(25)11-3-5-12(6-4-11)17(18,19)20/h3-9,13,24H,2,10H2,1H3,(H,21,22)(H,23,25). The van der Waals surface area contributed by atoms with Gasteiger partial charge in [-0.15, -0.1) is 0 Å². The van der Waals surface area contributed by atoms with Crippen LogP contribution in [-0.2, 0) is 6.18 Å². The Morgan fingerprint density at radius 2 is 1.88 bits per heavy atom. The maximum atomic E-state index is 12.5. The second-order valence-electron chi connectivity index (χ2n) is 5.39. The number of rotatable bonds is 6. The summed E-state index contributed by atoms with van der Waals surface area (Å²) in [6.45, 7) is 1.90. The van der Waals surface area contributed by atoms with Crippen molar-refractivity contribution in [2.75, 3.05) is 17.2 Å². The van der Waals surface area contributed by atoms with Gasteiger partial charge in [-0.2, -0.15) is 13.2 Å². The van der Waals surface area contributed by atoms with Crippen molar-refractivity contribution >= 4 is 17.4 Å². The maximum Gasteiger partial charge on any atom is 0.416 e. The summed E-state index contributed by atoms with van der Waals surface area (Å²) in [4.78, 5) is 16.2. The third kappa shape index (κ3) is 5.18. The van der Waals surface area contributed by atoms with Gasteiger partial charge in [0, 0.05) is 5.56 Å². The van der Waals surface area contributed by atoms with Crippen LogP contribution in [0.3, 0.4) is 0 Å². The first kappa shape index (κ1) is 18.7. The molecule has 0 fully saturated rings. The van der Waals surface area contributed by atoms with Gasteiger partial charge in [0.1, 0.15) is 5.82 Å². The summed E-state index contributed by atoms with van der Waals surface area (Å²) in [6.07, 6.45) is -2.29. The maximum absolute atomic E-state index is 12.5. The zero-order valence-electron chi connectivity index (χ0n) is 13.5. The van der Waals surface area contributed by atoms with Crippen LogP contribution in [0.2, 0.25) is 0 Å². The smallest absolute Gasteiger partial charge is 0.394 e. The molecule has 0 bridgehead atoms. The van der Waals surface area contributed by atoms with Gasteiger partial charge in [-0.05, 0) is 42.8 Å². The van der Waals surface area contributed by atoms with E-state index in [1.165, 1.54) is 6.20 Å². The van der Waals surface area contributed by atoms with Crippen LogP contribution in [0.25, 0.3) is 0 Å². The number of hydrogen-bond acceptors (Lipinski definition) is 4. The van der Waals surface area contributed by atoms with Gasteiger partial charge in [0.05, 0.1) is 30.1 Å². The molecule has 0 aliphatic heterocycles. The number of pyridine rings is 1. The molecule has 2 aromatic rings. The first-order chi connectivity index (χ1) is 11.8. The van der Waals surface area contributed by atoms with Crippen molar-refractivity contribution in [2.45, 2.75) is 25.6 Å². The van der Waals surface area contributed by atoms with Crippen LogP contribution in [-0.4, -0.2) is 28.6 Å². The molecule has 3 N–H and O–H groups in total. The minimum absolute atomic E-state index is 0.0232. The fourth-order valence-electron chi connectivity index (χ4n) is 2.05. The molecular weight excluding hydrogens is 335 g/mol. The van der Waals surface area contributed by atoms with Crippen molar-refractivity contribution in [3.63, 3.8) is 0 Å². The van der Waals surface area contributed by atoms with Crippen molar-refractivity contribution in [1.29, 1.82) is 0 Å². The molecule has 2 rings (SSSR count). The molecule has 1 heterocycles. The molecule has 0 saturated carbocycles. The van der Waals surface area contributed by atoms with Gasteiger partial charge < -0.3 is 15.7 Å². The highest BCUT2D eigenvalue weighted by Crippen LogP contribution is 2.29. The fraction of sp³-hybridized carbons (Fsp3) is 0.294. The number of alkyl halides is 3. The fourth-order valence-corrected chi connectivity index (χ4v) is 2.05. The van der Waals surface area contributed by atoms with Gasteiger partial charge in [0.25, 0.3) is 5.91 Å². The second kappa shape index (κ2) is 7.98. The summed E-state index contributed by atoms with van der Waals surface area (Å²) >= 11 is 0. The number of aromatic nitrogens is 1. The molecular formula is C17H18F3N3O2. The Balaban J connectivity index is 2.00. The van der Waals surface area contributed by atoms with Crippen molar-refractivity contribution in [3.05, 3.63) is 53.7 Å². The Labute approximate surface area is 142 Å². The zero-order valence-corrected chi connectivity index (χ0v) is 13.5. The van der Waals surface area contributed by atoms with Crippen molar-refractivity contribution in [3.8, 4) is 0 Å². The Hall–Kier alpha value is -2.61. The summed E-state index contributed by atoms with van der Waals surface area (Å²) in [6, 6.07) is 7.10. The van der Waals surface area contributed by atoms with Crippen LogP contribution >= 0.6 is 0 Å². The van der Waals surface area contributed by atoms with Gasteiger partial charge in [0.15, 0.2) is 0 Å². The number of carbonyl (C=O) groups excluding carboxylic acids is 1. The lowest BCUT2D eigenvalue weighted by Gasteiger charge is -2.14. The van der Waals surface area contributed by atoms with Gasteiger partial charge in [0.2, 0.25) is 0 Å². The number of hydrogen-bond donors (Lipinski definition) is 3. The summed E-state index contributed by atoms with van der Waals surface area (Å²) in [5, 5.41) is 14.7. The number of aliphatic hydroxyl groups excluding tert-OH is 1. The van der Waals surface area contributed by atoms with E-state index in [0.717, 1.165) is 30.7 Å². The number of nitrogens with one attached hydrogen (secondary N) is 2. The lowest BCUT2D eigenvalue weighted by Crippen LogP contribution is -2.23. The second-order valence-corrected chi connectivity index (χ2v) is 5.39. The van der Waals surface area contributed by atoms with Gasteiger partial charge >= 0.3 is 6.18 Å². The summed E-state index contributed by atoms with van der Waals surface area (Å²) in [5.74, 6) is 0.0199. The number of halogens is 3. The third-order valence-corrected chi connectivity index (χ3v) is 3.56. The molecule has 1 atom stereocenters. The van der Waals surface area contributed by atoms with Crippen LogP contribution in [0.1, 0.15) is 29.3 Å². The van der Waals surface area contributed by atoms with E-state index in [-0.39, 0.29) is 18.2 Å². The lowest BCUT2D eigenvalue weighted by atomic mass is 10.1. The van der Waals surface area contributed by atoms with E-state index >= 15 is 0 Å². The van der Waals surface area contributed by atoms with Crippen molar-refractivity contribution < 1.29 is 23.1 Å². The third-order valence-electron chi connectivity index (χ3n) is 3.56. The lowest BCUT2D eigenvalue weighted by molar-refractivity contribution is -0.137. The Morgan fingerprint density at radius 1 is 1.20 bits per heavy atom. The number of anilines is 2. The SMILES string of the molecule is CCC(CO)Nc1ccc(NC(=O)c2ccc(C(F)(F)F)cc2)cn1. The summed E-state index contributed by atoms with van der Waals surface area (Å²) < 4.78 is 37.5. The zero-order chi connectivity index (χ0) is 18.4. The van der Waals surface area contributed by atoms with Gasteiger partial charge in [-0.1, -0.05) is 6.92 Å². The molecule has 1 aromatic heterocycles.